The molecule has 3 aromatic rings. The molecule has 1 saturated carbocycles. The highest BCUT2D eigenvalue weighted by atomic mass is 35.5. The van der Waals surface area contributed by atoms with Gasteiger partial charge >= 0.3 is 12.2 Å². The van der Waals surface area contributed by atoms with E-state index in [1.54, 1.807) is 6.07 Å². The second-order valence-electron chi connectivity index (χ2n) is 6.75. The maximum absolute atomic E-state index is 14.0. The second kappa shape index (κ2) is 7.60. The van der Waals surface area contributed by atoms with Crippen LogP contribution in [0.25, 0.3) is 5.69 Å². The minimum absolute atomic E-state index is 0.0511. The number of urea groups is 1. The van der Waals surface area contributed by atoms with Crippen LogP contribution in [0, 0.1) is 5.82 Å². The highest BCUT2D eigenvalue weighted by Gasteiger charge is 2.42. The first-order valence-electron chi connectivity index (χ1n) is 8.81. The predicted octanol–water partition coefficient (Wildman–Crippen LogP) is 4.76. The molecular formula is C19H14ClF4N5O. The van der Waals surface area contributed by atoms with Gasteiger partial charge in [0.15, 0.2) is 0 Å². The van der Waals surface area contributed by atoms with E-state index in [0.29, 0.717) is 12.0 Å². The molecule has 4 rings (SSSR count). The lowest BCUT2D eigenvalue weighted by atomic mass is 10.1. The molecule has 0 radical (unpaired) electrons. The van der Waals surface area contributed by atoms with Crippen LogP contribution in [0.5, 0.6) is 0 Å². The summed E-state index contributed by atoms with van der Waals surface area (Å²) in [6, 6.07) is 6.59. The average molecular weight is 440 g/mol. The molecule has 2 amide bonds. The van der Waals surface area contributed by atoms with Crippen LogP contribution in [0.2, 0.25) is 5.02 Å². The normalized spacial score (nSPS) is 18.2. The average Bonchev–Trinajstić information content (AvgIpc) is 3.18. The molecule has 1 heterocycles. The Labute approximate surface area is 172 Å². The molecule has 1 aliphatic rings. The van der Waals surface area contributed by atoms with Crippen LogP contribution in [-0.4, -0.2) is 26.8 Å². The second-order valence-corrected chi connectivity index (χ2v) is 7.16. The van der Waals surface area contributed by atoms with Gasteiger partial charge in [0.2, 0.25) is 0 Å². The molecule has 2 aromatic carbocycles. The number of carbonyl (C=O) groups excluding carboxylic acids is 1. The Hall–Kier alpha value is -3.14. The van der Waals surface area contributed by atoms with E-state index in [1.165, 1.54) is 24.3 Å². The number of amides is 2. The van der Waals surface area contributed by atoms with Gasteiger partial charge in [-0.05, 0) is 36.8 Å². The number of alkyl halides is 3. The summed E-state index contributed by atoms with van der Waals surface area (Å²) in [7, 11) is 0. The van der Waals surface area contributed by atoms with E-state index in [2.05, 4.69) is 20.7 Å². The van der Waals surface area contributed by atoms with Crippen LogP contribution in [-0.2, 0) is 6.18 Å². The Bertz CT molecular complexity index is 1070. The van der Waals surface area contributed by atoms with E-state index >= 15 is 0 Å². The lowest BCUT2D eigenvalue weighted by Gasteiger charge is -2.15. The zero-order chi connectivity index (χ0) is 21.5. The Morgan fingerprint density at radius 1 is 1.23 bits per heavy atom. The van der Waals surface area contributed by atoms with Crippen molar-refractivity contribution in [1.29, 1.82) is 0 Å². The summed E-state index contributed by atoms with van der Waals surface area (Å²) in [6.07, 6.45) is -1.93. The number of hydrogen-bond acceptors (Lipinski definition) is 3. The van der Waals surface area contributed by atoms with Crippen molar-refractivity contribution in [3.8, 4) is 5.69 Å². The van der Waals surface area contributed by atoms with Crippen LogP contribution < -0.4 is 10.6 Å². The first-order valence-corrected chi connectivity index (χ1v) is 9.19. The molecule has 2 atom stereocenters. The van der Waals surface area contributed by atoms with Gasteiger partial charge in [-0.25, -0.2) is 18.9 Å². The fourth-order valence-corrected chi connectivity index (χ4v) is 3.55. The van der Waals surface area contributed by atoms with Crippen molar-refractivity contribution >= 4 is 23.3 Å². The lowest BCUT2D eigenvalue weighted by Crippen LogP contribution is -2.31. The molecule has 2 unspecified atom stereocenters. The summed E-state index contributed by atoms with van der Waals surface area (Å²) in [4.78, 5) is 15.9. The smallest absolute Gasteiger partial charge is 0.334 e. The molecular weight excluding hydrogens is 426 g/mol. The summed E-state index contributed by atoms with van der Waals surface area (Å²) in [5.74, 6) is -0.749. The maximum Gasteiger partial charge on any atom is 0.418 e. The molecule has 1 fully saturated rings. The van der Waals surface area contributed by atoms with E-state index in [1.807, 2.05) is 0 Å². The monoisotopic (exact) mass is 439 g/mol. The highest BCUT2D eigenvalue weighted by Crippen LogP contribution is 2.45. The lowest BCUT2D eigenvalue weighted by molar-refractivity contribution is -0.137. The quantitative estimate of drug-likeness (QED) is 0.576. The minimum atomic E-state index is -4.67. The van der Waals surface area contributed by atoms with Gasteiger partial charge in [-0.15, -0.1) is 0 Å². The van der Waals surface area contributed by atoms with Gasteiger partial charge in [0.05, 0.1) is 11.3 Å². The largest absolute Gasteiger partial charge is 0.418 e. The van der Waals surface area contributed by atoms with Crippen molar-refractivity contribution in [3.63, 3.8) is 0 Å². The van der Waals surface area contributed by atoms with Gasteiger partial charge in [-0.1, -0.05) is 17.7 Å². The number of rotatable bonds is 4. The van der Waals surface area contributed by atoms with Crippen molar-refractivity contribution in [2.24, 2.45) is 0 Å². The van der Waals surface area contributed by atoms with Crippen molar-refractivity contribution in [2.75, 3.05) is 5.32 Å². The number of nitrogens with zero attached hydrogens (tertiary/aromatic N) is 3. The minimum Gasteiger partial charge on any atom is -0.334 e. The van der Waals surface area contributed by atoms with Gasteiger partial charge in [-0.3, -0.25) is 0 Å². The van der Waals surface area contributed by atoms with Crippen molar-refractivity contribution in [1.82, 2.24) is 20.1 Å². The Balaban J connectivity index is 1.47. The fourth-order valence-electron chi connectivity index (χ4n) is 3.25. The number of nitrogens with one attached hydrogen (secondary N) is 2. The summed E-state index contributed by atoms with van der Waals surface area (Å²) in [6.45, 7) is 0. The summed E-state index contributed by atoms with van der Waals surface area (Å²) >= 11 is 6.03. The van der Waals surface area contributed by atoms with Crippen LogP contribution in [0.15, 0.2) is 49.1 Å². The number of aromatic nitrogens is 3. The third-order valence-corrected chi connectivity index (χ3v) is 5.03. The molecule has 1 aromatic heterocycles. The molecule has 0 aliphatic heterocycles. The predicted molar refractivity (Wildman–Crippen MR) is 101 cm³/mol. The molecule has 0 spiro atoms. The number of carbonyl (C=O) groups is 1. The van der Waals surface area contributed by atoms with E-state index in [9.17, 15) is 22.4 Å². The van der Waals surface area contributed by atoms with E-state index in [0.717, 1.165) is 23.4 Å². The van der Waals surface area contributed by atoms with Crippen molar-refractivity contribution in [3.05, 3.63) is 71.0 Å². The highest BCUT2D eigenvalue weighted by molar-refractivity contribution is 6.31. The molecule has 0 bridgehead atoms. The first kappa shape index (κ1) is 20.1. The molecule has 2 N–H and O–H groups in total. The van der Waals surface area contributed by atoms with Crippen LogP contribution in [0.3, 0.4) is 0 Å². The van der Waals surface area contributed by atoms with Crippen LogP contribution in [0.4, 0.5) is 28.0 Å². The Morgan fingerprint density at radius 2 is 2.03 bits per heavy atom. The van der Waals surface area contributed by atoms with Crippen molar-refractivity contribution < 1.29 is 22.4 Å². The maximum atomic E-state index is 14.0. The van der Waals surface area contributed by atoms with Gasteiger partial charge in [0, 0.05) is 28.2 Å². The summed E-state index contributed by atoms with van der Waals surface area (Å²) in [5, 5.41) is 8.98. The van der Waals surface area contributed by atoms with E-state index in [-0.39, 0.29) is 28.4 Å². The summed E-state index contributed by atoms with van der Waals surface area (Å²) < 4.78 is 55.3. The fraction of sp³-hybridized carbons (Fsp3) is 0.211. The molecule has 6 nitrogen and oxygen atoms in total. The number of hydrogen-bond donors (Lipinski definition) is 2. The Morgan fingerprint density at radius 3 is 2.70 bits per heavy atom. The standard InChI is InChI=1S/C19H14ClF4N5O/c20-13-2-1-3-14(21)17(13)11-7-15(11)28-18(30)27-10-4-5-16(29-9-25-8-26-29)12(6-10)19(22,23)24/h1-6,8-9,11,15H,7H2,(H2,27,28,30). The molecule has 1 aliphatic carbocycles. The van der Waals surface area contributed by atoms with Gasteiger partial charge in [0.1, 0.15) is 18.5 Å². The van der Waals surface area contributed by atoms with E-state index in [4.69, 9.17) is 11.6 Å². The SMILES string of the molecule is O=C(Nc1ccc(-n2cncn2)c(C(F)(F)F)c1)NC1CC1c1c(F)cccc1Cl. The van der Waals surface area contributed by atoms with Crippen LogP contribution in [0.1, 0.15) is 23.5 Å². The van der Waals surface area contributed by atoms with Gasteiger partial charge in [-0.2, -0.15) is 18.3 Å². The third kappa shape index (κ3) is 4.09. The number of anilines is 1. The van der Waals surface area contributed by atoms with Crippen molar-refractivity contribution in [2.45, 2.75) is 24.6 Å². The summed E-state index contributed by atoms with van der Waals surface area (Å²) in [5.41, 5.74) is -0.929. The number of benzene rings is 2. The van der Waals surface area contributed by atoms with Gasteiger partial charge in [0.25, 0.3) is 0 Å². The molecule has 156 valence electrons. The first-order chi connectivity index (χ1) is 14.2. The molecule has 0 saturated heterocycles. The molecule has 11 heteroatoms. The zero-order valence-corrected chi connectivity index (χ0v) is 15.9. The third-order valence-electron chi connectivity index (χ3n) is 4.70. The zero-order valence-electron chi connectivity index (χ0n) is 15.1. The van der Waals surface area contributed by atoms with Crippen LogP contribution >= 0.6 is 11.6 Å². The topological polar surface area (TPSA) is 71.8 Å². The molecule has 30 heavy (non-hydrogen) atoms. The Kier molecular flexibility index (Phi) is 5.10. The van der Waals surface area contributed by atoms with Gasteiger partial charge < -0.3 is 10.6 Å². The van der Waals surface area contributed by atoms with E-state index < -0.39 is 23.6 Å². The number of halogens is 5.